The summed E-state index contributed by atoms with van der Waals surface area (Å²) in [6, 6.07) is 26.6. The molecule has 17 nitrogen and oxygen atoms in total. The summed E-state index contributed by atoms with van der Waals surface area (Å²) in [4.78, 5) is 63.2. The van der Waals surface area contributed by atoms with Crippen molar-refractivity contribution in [3.63, 3.8) is 0 Å². The molecule has 3 aromatic carbocycles. The molecule has 0 unspecified atom stereocenters. The van der Waals surface area contributed by atoms with Crippen LogP contribution in [0.25, 0.3) is 0 Å². The Labute approximate surface area is 464 Å². The van der Waals surface area contributed by atoms with Gasteiger partial charge in [-0.05, 0) is 174 Å². The van der Waals surface area contributed by atoms with Crippen LogP contribution in [0, 0.1) is 27.7 Å². The van der Waals surface area contributed by atoms with Crippen molar-refractivity contribution in [2.75, 3.05) is 33.6 Å². The first-order valence-electron chi connectivity index (χ1n) is 25.3. The third-order valence-corrected chi connectivity index (χ3v) is 14.9. The lowest BCUT2D eigenvalue weighted by atomic mass is 9.89. The van der Waals surface area contributed by atoms with E-state index in [4.69, 9.17) is 39.8 Å². The Morgan fingerprint density at radius 2 is 0.909 bits per heavy atom. The van der Waals surface area contributed by atoms with Gasteiger partial charge in [-0.15, -0.1) is 0 Å². The number of nitrogens with two attached hydrogens (primary N) is 2. The summed E-state index contributed by atoms with van der Waals surface area (Å²) in [6.45, 7) is 24.3. The number of aliphatic imine (C=N–C) groups is 3. The topological polar surface area (TPSA) is 250 Å². The number of alkyl carbamates (subject to hydrolysis) is 2. The molecule has 0 spiro atoms. The number of hydrogen-bond acceptors (Lipinski definition) is 16. The lowest BCUT2D eigenvalue weighted by molar-refractivity contribution is 0.0552. The van der Waals surface area contributed by atoms with Gasteiger partial charge in [0.2, 0.25) is 0 Å². The molecular formula is C57H73N9O8S3. The Morgan fingerprint density at radius 1 is 0.532 bits per heavy atom. The molecule has 5 aromatic rings. The average molecular weight is 1110 g/mol. The van der Waals surface area contributed by atoms with Crippen LogP contribution >= 0.6 is 35.3 Å². The zero-order valence-electron chi connectivity index (χ0n) is 46.3. The number of aryl methyl sites for hydroxylation is 4. The SMILES string of the molecule is CC(C)(C)OC(=O)NC1=N[C@](C)(c2cccc(N)c2)CCS1.Cc1cc(C(=O)Nc2cccc([C@]3(C)CCSC(N)=N3)c2)c(C)o1.Cc1cc(C(=O)Nc2cccc([C@]3(C)CCSC(NC(=O)OC(C)(C)C)=N3)c2)c(C)o1. The molecule has 5 heterocycles. The van der Waals surface area contributed by atoms with Crippen LogP contribution in [0.2, 0.25) is 0 Å². The summed E-state index contributed by atoms with van der Waals surface area (Å²) in [7, 11) is 0. The second kappa shape index (κ2) is 24.8. The van der Waals surface area contributed by atoms with Crippen molar-refractivity contribution in [1.82, 2.24) is 10.6 Å². The normalized spacial score (nSPS) is 20.2. The van der Waals surface area contributed by atoms with Crippen molar-refractivity contribution >= 4 is 91.9 Å². The number of nitrogens with zero attached hydrogens (tertiary/aromatic N) is 3. The summed E-state index contributed by atoms with van der Waals surface area (Å²) in [5.74, 6) is 4.86. The van der Waals surface area contributed by atoms with Gasteiger partial charge in [-0.2, -0.15) is 0 Å². The maximum absolute atomic E-state index is 12.6. The highest BCUT2D eigenvalue weighted by Gasteiger charge is 2.34. The Kier molecular flexibility index (Phi) is 19.2. The van der Waals surface area contributed by atoms with Gasteiger partial charge in [0.25, 0.3) is 11.8 Å². The zero-order valence-corrected chi connectivity index (χ0v) is 48.8. The first-order valence-corrected chi connectivity index (χ1v) is 28.2. The van der Waals surface area contributed by atoms with E-state index in [1.807, 2.05) is 135 Å². The van der Waals surface area contributed by atoms with Crippen molar-refractivity contribution in [2.24, 2.45) is 20.7 Å². The molecule has 3 aliphatic heterocycles. The standard InChI is InChI=1S/C23H29N3O4S.C18H21N3O2S.C16H23N3O2S/c1-14-12-18(15(2)29-14)19(27)24-17-9-7-8-16(13-17)23(6)10-11-31-20(26-23)25-21(28)30-22(3,4)5;1-11-9-15(12(2)23-11)16(22)20-14-6-4-5-13(10-14)18(3)7-8-24-17(19)21-18;1-15(2,3)21-14(20)18-13-19-16(4,8-9-22-13)11-6-5-7-12(17)10-11/h7-9,12-13H,10-11H2,1-6H3,(H,24,27)(H,25,26,28);4-6,9-10H,7-8H2,1-3H3,(H2,19,21)(H,20,22);5-7,10H,8-9,17H2,1-4H3,(H,18,19,20)/t23-;18-;16-/m000/s1. The number of nitrogen functional groups attached to an aromatic ring is 1. The molecule has 0 saturated heterocycles. The molecular weight excluding hydrogens is 1030 g/mol. The third kappa shape index (κ3) is 17.2. The molecule has 77 heavy (non-hydrogen) atoms. The maximum atomic E-state index is 12.6. The minimum atomic E-state index is -0.578. The molecule has 0 radical (unpaired) electrons. The third-order valence-electron chi connectivity index (χ3n) is 12.3. The number of rotatable bonds is 7. The van der Waals surface area contributed by atoms with E-state index in [0.717, 1.165) is 64.7 Å². The van der Waals surface area contributed by atoms with Crippen molar-refractivity contribution in [1.29, 1.82) is 0 Å². The summed E-state index contributed by atoms with van der Waals surface area (Å²) < 4.78 is 21.5. The van der Waals surface area contributed by atoms with Crippen LogP contribution in [0.5, 0.6) is 0 Å². The summed E-state index contributed by atoms with van der Waals surface area (Å²) in [5, 5.41) is 13.1. The van der Waals surface area contributed by atoms with E-state index in [0.29, 0.717) is 55.3 Å². The van der Waals surface area contributed by atoms with Crippen LogP contribution < -0.4 is 32.7 Å². The first-order chi connectivity index (χ1) is 36.0. The van der Waals surface area contributed by atoms with Gasteiger partial charge in [-0.25, -0.2) is 9.59 Å². The number of carbonyl (C=O) groups excluding carboxylic acids is 4. The number of benzene rings is 3. The van der Waals surface area contributed by atoms with Gasteiger partial charge in [0.15, 0.2) is 15.5 Å². The summed E-state index contributed by atoms with van der Waals surface area (Å²) in [5.41, 5.74) is 15.7. The highest BCUT2D eigenvalue weighted by molar-refractivity contribution is 8.14. The summed E-state index contributed by atoms with van der Waals surface area (Å²) in [6.07, 6.45) is 1.61. The zero-order chi connectivity index (χ0) is 56.5. The van der Waals surface area contributed by atoms with Gasteiger partial charge < -0.3 is 40.4 Å². The van der Waals surface area contributed by atoms with E-state index in [2.05, 4.69) is 40.1 Å². The fraction of sp³-hybridized carbons (Fsp3) is 0.421. The van der Waals surface area contributed by atoms with Crippen LogP contribution in [0.4, 0.5) is 26.7 Å². The lowest BCUT2D eigenvalue weighted by Gasteiger charge is -2.31. The van der Waals surface area contributed by atoms with E-state index in [1.165, 1.54) is 23.5 Å². The quantitative estimate of drug-likeness (QED) is 0.0831. The molecule has 3 aliphatic rings. The molecule has 0 aliphatic carbocycles. The van der Waals surface area contributed by atoms with E-state index >= 15 is 0 Å². The largest absolute Gasteiger partial charge is 0.466 e. The molecule has 8 N–H and O–H groups in total. The lowest BCUT2D eigenvalue weighted by Crippen LogP contribution is -2.38. The maximum Gasteiger partial charge on any atom is 0.413 e. The smallest absolute Gasteiger partial charge is 0.413 e. The highest BCUT2D eigenvalue weighted by atomic mass is 32.2. The Bertz CT molecular complexity index is 3060. The first kappa shape index (κ1) is 59.6. The monoisotopic (exact) mass is 1110 g/mol. The van der Waals surface area contributed by atoms with Crippen LogP contribution in [0.15, 0.2) is 109 Å². The van der Waals surface area contributed by atoms with Gasteiger partial charge >= 0.3 is 12.2 Å². The van der Waals surface area contributed by atoms with Gasteiger partial charge in [0, 0.05) is 34.3 Å². The Balaban J connectivity index is 0.000000190. The fourth-order valence-corrected chi connectivity index (χ4v) is 11.6. The second-order valence-electron chi connectivity index (χ2n) is 21.5. The average Bonchev–Trinajstić information content (AvgIpc) is 3.87. The van der Waals surface area contributed by atoms with Crippen LogP contribution in [-0.4, -0.2) is 68.0 Å². The molecule has 412 valence electrons. The molecule has 0 saturated carbocycles. The minimum absolute atomic E-state index is 0.172. The van der Waals surface area contributed by atoms with Gasteiger partial charge in [0.05, 0.1) is 27.7 Å². The number of nitrogens with one attached hydrogen (secondary N) is 4. The van der Waals surface area contributed by atoms with Gasteiger partial charge in [-0.3, -0.25) is 35.2 Å². The predicted octanol–water partition coefficient (Wildman–Crippen LogP) is 12.7. The molecule has 20 heteroatoms. The molecule has 3 atom stereocenters. The number of carbonyl (C=O) groups is 4. The number of furan rings is 2. The number of anilines is 3. The van der Waals surface area contributed by atoms with E-state index in [1.54, 1.807) is 37.7 Å². The Hall–Kier alpha value is -6.64. The number of ether oxygens (including phenoxy) is 2. The van der Waals surface area contributed by atoms with Gasteiger partial charge in [-0.1, -0.05) is 71.7 Å². The second-order valence-corrected chi connectivity index (χ2v) is 24.8. The van der Waals surface area contributed by atoms with Crippen LogP contribution in [-0.2, 0) is 26.1 Å². The van der Waals surface area contributed by atoms with E-state index in [9.17, 15) is 19.2 Å². The fourth-order valence-electron chi connectivity index (χ4n) is 8.39. The van der Waals surface area contributed by atoms with Crippen molar-refractivity contribution in [2.45, 2.75) is 137 Å². The molecule has 2 aromatic heterocycles. The molecule has 0 fully saturated rings. The van der Waals surface area contributed by atoms with E-state index < -0.39 is 28.9 Å². The van der Waals surface area contributed by atoms with Crippen molar-refractivity contribution < 1.29 is 37.5 Å². The van der Waals surface area contributed by atoms with Crippen LogP contribution in [0.3, 0.4) is 0 Å². The predicted molar refractivity (Wildman–Crippen MR) is 315 cm³/mol. The van der Waals surface area contributed by atoms with Crippen LogP contribution in [0.1, 0.15) is 142 Å². The Morgan fingerprint density at radius 3 is 1.27 bits per heavy atom. The van der Waals surface area contributed by atoms with Crippen molar-refractivity contribution in [3.8, 4) is 0 Å². The number of hydrogen-bond donors (Lipinski definition) is 6. The molecule has 4 amide bonds. The number of amidine groups is 3. The van der Waals surface area contributed by atoms with Gasteiger partial charge in [0.1, 0.15) is 34.2 Å². The number of thioether (sulfide) groups is 3. The summed E-state index contributed by atoms with van der Waals surface area (Å²) >= 11 is 4.59. The van der Waals surface area contributed by atoms with Crippen molar-refractivity contribution in [3.05, 3.63) is 136 Å². The molecule has 8 rings (SSSR count). The minimum Gasteiger partial charge on any atom is -0.466 e. The molecule has 0 bridgehead atoms. The number of amides is 4. The highest BCUT2D eigenvalue weighted by Crippen LogP contribution is 2.39. The van der Waals surface area contributed by atoms with E-state index in [-0.39, 0.29) is 22.9 Å².